The summed E-state index contributed by atoms with van der Waals surface area (Å²) in [5.41, 5.74) is 5.70. The zero-order chi connectivity index (χ0) is 11.3. The monoisotopic (exact) mass is 262 g/mol. The Labute approximate surface area is 107 Å². The second-order valence-electron chi connectivity index (χ2n) is 4.17. The summed E-state index contributed by atoms with van der Waals surface area (Å²) in [7, 11) is 0. The van der Waals surface area contributed by atoms with E-state index in [0.717, 1.165) is 11.4 Å². The van der Waals surface area contributed by atoms with Gasteiger partial charge in [-0.05, 0) is 18.2 Å². The SMILES string of the molecule is CSc1cnc(NCC(C)(C)CN)nc1.Cl. The minimum atomic E-state index is 0. The molecule has 0 radical (unpaired) electrons. The van der Waals surface area contributed by atoms with Gasteiger partial charge in [-0.3, -0.25) is 0 Å². The van der Waals surface area contributed by atoms with Gasteiger partial charge in [-0.15, -0.1) is 24.2 Å². The van der Waals surface area contributed by atoms with Crippen molar-refractivity contribution in [2.24, 2.45) is 11.1 Å². The molecule has 1 rings (SSSR count). The second-order valence-corrected chi connectivity index (χ2v) is 5.05. The molecule has 0 aliphatic carbocycles. The largest absolute Gasteiger partial charge is 0.354 e. The van der Waals surface area contributed by atoms with Crippen LogP contribution in [0.15, 0.2) is 17.3 Å². The first kappa shape index (κ1) is 15.5. The molecule has 0 aliphatic rings. The quantitative estimate of drug-likeness (QED) is 0.795. The standard InChI is InChI=1S/C10H18N4S.ClH/c1-10(2,6-11)7-14-9-12-4-8(15-3)5-13-9;/h4-5H,6-7,11H2,1-3H3,(H,12,13,14);1H. The van der Waals surface area contributed by atoms with Gasteiger partial charge >= 0.3 is 0 Å². The predicted molar refractivity (Wildman–Crippen MR) is 72.4 cm³/mol. The van der Waals surface area contributed by atoms with E-state index in [1.54, 1.807) is 11.8 Å². The molecule has 0 spiro atoms. The average molecular weight is 263 g/mol. The number of thioether (sulfide) groups is 1. The molecule has 1 aromatic rings. The molecule has 92 valence electrons. The molecule has 0 saturated heterocycles. The van der Waals surface area contributed by atoms with Crippen LogP contribution in [0.1, 0.15) is 13.8 Å². The van der Waals surface area contributed by atoms with Gasteiger partial charge in [0, 0.05) is 23.8 Å². The molecule has 0 saturated carbocycles. The highest BCUT2D eigenvalue weighted by molar-refractivity contribution is 7.98. The fourth-order valence-electron chi connectivity index (χ4n) is 0.903. The lowest BCUT2D eigenvalue weighted by atomic mass is 9.94. The highest BCUT2D eigenvalue weighted by atomic mass is 35.5. The van der Waals surface area contributed by atoms with Crippen LogP contribution in [0, 0.1) is 5.41 Å². The molecule has 16 heavy (non-hydrogen) atoms. The van der Waals surface area contributed by atoms with Crippen LogP contribution >= 0.6 is 24.2 Å². The summed E-state index contributed by atoms with van der Waals surface area (Å²) in [6.45, 7) is 5.64. The maximum Gasteiger partial charge on any atom is 0.222 e. The van der Waals surface area contributed by atoms with Crippen LogP contribution in [0.25, 0.3) is 0 Å². The Morgan fingerprint density at radius 2 is 1.94 bits per heavy atom. The zero-order valence-corrected chi connectivity index (χ0v) is 11.5. The van der Waals surface area contributed by atoms with Crippen LogP contribution in [0.4, 0.5) is 5.95 Å². The topological polar surface area (TPSA) is 63.8 Å². The van der Waals surface area contributed by atoms with E-state index in [2.05, 4.69) is 29.1 Å². The molecule has 0 fully saturated rings. The Bertz CT molecular complexity index is 302. The number of rotatable bonds is 5. The molecule has 0 unspecified atom stereocenters. The summed E-state index contributed by atoms with van der Waals surface area (Å²) in [5.74, 6) is 0.661. The molecule has 0 bridgehead atoms. The lowest BCUT2D eigenvalue weighted by Gasteiger charge is -2.22. The Morgan fingerprint density at radius 3 is 2.38 bits per heavy atom. The van der Waals surface area contributed by atoms with Crippen LogP contribution in [0.3, 0.4) is 0 Å². The maximum atomic E-state index is 5.63. The van der Waals surface area contributed by atoms with Gasteiger partial charge in [-0.2, -0.15) is 0 Å². The van der Waals surface area contributed by atoms with E-state index in [-0.39, 0.29) is 17.8 Å². The number of aromatic nitrogens is 2. The molecular weight excluding hydrogens is 244 g/mol. The van der Waals surface area contributed by atoms with Crippen molar-refractivity contribution in [2.75, 3.05) is 24.7 Å². The summed E-state index contributed by atoms with van der Waals surface area (Å²) >= 11 is 1.63. The summed E-state index contributed by atoms with van der Waals surface area (Å²) in [4.78, 5) is 9.47. The number of hydrogen-bond donors (Lipinski definition) is 2. The van der Waals surface area contributed by atoms with Crippen LogP contribution in [-0.2, 0) is 0 Å². The third-order valence-corrected chi connectivity index (χ3v) is 2.82. The molecule has 4 nitrogen and oxygen atoms in total. The van der Waals surface area contributed by atoms with Gasteiger partial charge in [0.1, 0.15) is 0 Å². The van der Waals surface area contributed by atoms with E-state index in [1.165, 1.54) is 0 Å². The van der Waals surface area contributed by atoms with Gasteiger partial charge in [0.2, 0.25) is 5.95 Å². The first-order valence-electron chi connectivity index (χ1n) is 4.87. The van der Waals surface area contributed by atoms with Crippen molar-refractivity contribution in [3.8, 4) is 0 Å². The Hall–Kier alpha value is -0.520. The highest BCUT2D eigenvalue weighted by Crippen LogP contribution is 2.15. The molecule has 0 atom stereocenters. The van der Waals surface area contributed by atoms with E-state index >= 15 is 0 Å². The molecule has 3 N–H and O–H groups in total. The summed E-state index contributed by atoms with van der Waals surface area (Å²) in [5, 5.41) is 3.18. The van der Waals surface area contributed by atoms with Crippen LogP contribution in [-0.4, -0.2) is 29.3 Å². The fourth-order valence-corrected chi connectivity index (χ4v) is 1.22. The van der Waals surface area contributed by atoms with Gasteiger partial charge in [-0.25, -0.2) is 9.97 Å². The minimum Gasteiger partial charge on any atom is -0.354 e. The molecule has 0 aliphatic heterocycles. The first-order valence-corrected chi connectivity index (χ1v) is 6.10. The number of anilines is 1. The van der Waals surface area contributed by atoms with Gasteiger partial charge < -0.3 is 11.1 Å². The van der Waals surface area contributed by atoms with E-state index in [1.807, 2.05) is 18.6 Å². The predicted octanol–water partition coefficient (Wildman–Crippen LogP) is 2.02. The lowest BCUT2D eigenvalue weighted by molar-refractivity contribution is 0.404. The van der Waals surface area contributed by atoms with Crippen molar-refractivity contribution >= 4 is 30.1 Å². The number of nitrogens with one attached hydrogen (secondary N) is 1. The summed E-state index contributed by atoms with van der Waals surface area (Å²) in [6.07, 6.45) is 5.63. The van der Waals surface area contributed by atoms with Crippen LogP contribution in [0.5, 0.6) is 0 Å². The number of halogens is 1. The average Bonchev–Trinajstić information content (AvgIpc) is 2.27. The third kappa shape index (κ3) is 5.01. The lowest BCUT2D eigenvalue weighted by Crippen LogP contribution is -2.31. The second kappa shape index (κ2) is 6.93. The van der Waals surface area contributed by atoms with Gasteiger partial charge in [0.05, 0.1) is 0 Å². The third-order valence-electron chi connectivity index (χ3n) is 2.14. The molecular formula is C10H19ClN4S. The highest BCUT2D eigenvalue weighted by Gasteiger charge is 2.15. The zero-order valence-electron chi connectivity index (χ0n) is 9.86. The molecule has 1 heterocycles. The van der Waals surface area contributed by atoms with E-state index in [0.29, 0.717) is 12.5 Å². The number of nitrogens with zero attached hydrogens (tertiary/aromatic N) is 2. The van der Waals surface area contributed by atoms with E-state index in [9.17, 15) is 0 Å². The van der Waals surface area contributed by atoms with Crippen molar-refractivity contribution in [2.45, 2.75) is 18.7 Å². The Kier molecular flexibility index (Phi) is 6.71. The smallest absolute Gasteiger partial charge is 0.222 e. The molecule has 0 amide bonds. The van der Waals surface area contributed by atoms with Gasteiger partial charge in [-0.1, -0.05) is 13.8 Å². The minimum absolute atomic E-state index is 0. The normalized spacial score (nSPS) is 10.8. The fraction of sp³-hybridized carbons (Fsp3) is 0.600. The molecule has 6 heteroatoms. The first-order chi connectivity index (χ1) is 7.07. The summed E-state index contributed by atoms with van der Waals surface area (Å²) < 4.78 is 0. The Balaban J connectivity index is 0.00000225. The van der Waals surface area contributed by atoms with Crippen molar-refractivity contribution in [1.29, 1.82) is 0 Å². The van der Waals surface area contributed by atoms with E-state index < -0.39 is 0 Å². The number of hydrogen-bond acceptors (Lipinski definition) is 5. The van der Waals surface area contributed by atoms with Gasteiger partial charge in [0.15, 0.2) is 0 Å². The molecule has 0 aromatic carbocycles. The maximum absolute atomic E-state index is 5.63. The van der Waals surface area contributed by atoms with E-state index in [4.69, 9.17) is 5.73 Å². The molecule has 1 aromatic heterocycles. The summed E-state index contributed by atoms with van der Waals surface area (Å²) in [6, 6.07) is 0. The van der Waals surface area contributed by atoms with Crippen LogP contribution < -0.4 is 11.1 Å². The van der Waals surface area contributed by atoms with Crippen LogP contribution in [0.2, 0.25) is 0 Å². The van der Waals surface area contributed by atoms with Crippen molar-refractivity contribution < 1.29 is 0 Å². The van der Waals surface area contributed by atoms with Crippen molar-refractivity contribution in [3.05, 3.63) is 12.4 Å². The Morgan fingerprint density at radius 1 is 1.38 bits per heavy atom. The van der Waals surface area contributed by atoms with Gasteiger partial charge in [0.25, 0.3) is 0 Å². The van der Waals surface area contributed by atoms with Crippen molar-refractivity contribution in [3.63, 3.8) is 0 Å². The number of nitrogens with two attached hydrogens (primary N) is 1. The van der Waals surface area contributed by atoms with Crippen molar-refractivity contribution in [1.82, 2.24) is 9.97 Å².